The fraction of sp³-hybridized carbons (Fsp3) is 0.600. The molecule has 5 heteroatoms. The Labute approximate surface area is 64.2 Å². The molecular weight excluding hydrogens is 154 g/mol. The summed E-state index contributed by atoms with van der Waals surface area (Å²) in [5, 5.41) is 11.0. The molecule has 0 bridgehead atoms. The lowest BCUT2D eigenvalue weighted by Crippen LogP contribution is -2.25. The molecule has 0 unspecified atom stereocenters. The average molecular weight is 163 g/mol. The van der Waals surface area contributed by atoms with Gasteiger partial charge in [0, 0.05) is 6.54 Å². The van der Waals surface area contributed by atoms with Crippen molar-refractivity contribution in [2.75, 3.05) is 13.7 Å². The zero-order valence-corrected chi connectivity index (χ0v) is 6.40. The van der Waals surface area contributed by atoms with E-state index in [-0.39, 0.29) is 11.6 Å². The molecule has 0 aliphatic heterocycles. The molecule has 0 radical (unpaired) electrons. The summed E-state index contributed by atoms with van der Waals surface area (Å²) in [6.45, 7) is 0.308. The van der Waals surface area contributed by atoms with Crippen molar-refractivity contribution in [3.8, 4) is 0 Å². The summed E-state index contributed by atoms with van der Waals surface area (Å²) in [7, 11) is 1.43. The number of thiocarbonyl (C=S) groups is 1. The summed E-state index contributed by atoms with van der Waals surface area (Å²) in [6.07, 6.45) is 0.0451. The van der Waals surface area contributed by atoms with Crippen LogP contribution in [0.15, 0.2) is 0 Å². The number of hydrogen-bond acceptors (Lipinski definition) is 3. The van der Waals surface area contributed by atoms with Gasteiger partial charge in [0.1, 0.15) is 0 Å². The second-order valence-corrected chi connectivity index (χ2v) is 1.93. The number of ether oxygens (including phenoxy) is 1. The minimum absolute atomic E-state index is 0.0451. The first kappa shape index (κ1) is 9.16. The molecule has 0 amide bonds. The van der Waals surface area contributed by atoms with Crippen molar-refractivity contribution >= 4 is 23.4 Å². The highest BCUT2D eigenvalue weighted by atomic mass is 32.1. The van der Waals surface area contributed by atoms with E-state index in [4.69, 9.17) is 5.11 Å². The summed E-state index contributed by atoms with van der Waals surface area (Å²) in [6, 6.07) is 0. The van der Waals surface area contributed by atoms with Gasteiger partial charge in [-0.3, -0.25) is 4.79 Å². The van der Waals surface area contributed by atoms with E-state index in [9.17, 15) is 4.79 Å². The number of aliphatic carboxylic acids is 1. The minimum atomic E-state index is -0.855. The average Bonchev–Trinajstić information content (AvgIpc) is 1.87. The van der Waals surface area contributed by atoms with Crippen LogP contribution < -0.4 is 5.32 Å². The summed E-state index contributed by atoms with van der Waals surface area (Å²) in [5.74, 6) is -0.855. The van der Waals surface area contributed by atoms with E-state index < -0.39 is 5.97 Å². The Morgan fingerprint density at radius 2 is 2.40 bits per heavy atom. The predicted octanol–water partition coefficient (Wildman–Crippen LogP) is -0.0180. The Bertz CT molecular complexity index is 137. The van der Waals surface area contributed by atoms with Gasteiger partial charge in [-0.05, 0) is 12.2 Å². The van der Waals surface area contributed by atoms with Crippen molar-refractivity contribution in [3.05, 3.63) is 0 Å². The van der Waals surface area contributed by atoms with Crippen molar-refractivity contribution < 1.29 is 14.6 Å². The Morgan fingerprint density at radius 1 is 1.80 bits per heavy atom. The lowest BCUT2D eigenvalue weighted by Gasteiger charge is -2.02. The van der Waals surface area contributed by atoms with E-state index in [0.29, 0.717) is 6.54 Å². The zero-order chi connectivity index (χ0) is 7.98. The molecule has 0 fully saturated rings. The third-order valence-corrected chi connectivity index (χ3v) is 1.10. The molecule has 0 aromatic heterocycles. The molecular formula is C5H9NO3S. The summed E-state index contributed by atoms with van der Waals surface area (Å²) in [5.41, 5.74) is 0. The molecule has 0 aromatic carbocycles. The van der Waals surface area contributed by atoms with E-state index in [0.717, 1.165) is 0 Å². The molecule has 58 valence electrons. The van der Waals surface area contributed by atoms with Crippen LogP contribution in [0, 0.1) is 0 Å². The molecule has 0 aromatic rings. The van der Waals surface area contributed by atoms with E-state index in [1.54, 1.807) is 0 Å². The highest BCUT2D eigenvalue weighted by molar-refractivity contribution is 7.80. The molecule has 4 nitrogen and oxygen atoms in total. The van der Waals surface area contributed by atoms with Gasteiger partial charge in [0.15, 0.2) is 0 Å². The number of carboxylic acid groups (broad SMARTS) is 1. The second kappa shape index (κ2) is 4.99. The maximum absolute atomic E-state index is 9.95. The van der Waals surface area contributed by atoms with Crippen molar-refractivity contribution in [1.29, 1.82) is 0 Å². The SMILES string of the molecule is COC(=S)NCCC(=O)O. The Balaban J connectivity index is 3.20. The summed E-state index contributed by atoms with van der Waals surface area (Å²) in [4.78, 5) is 9.95. The molecule has 0 aliphatic carbocycles. The van der Waals surface area contributed by atoms with Crippen molar-refractivity contribution in [3.63, 3.8) is 0 Å². The first-order valence-corrected chi connectivity index (χ1v) is 3.11. The van der Waals surface area contributed by atoms with Crippen LogP contribution in [0.3, 0.4) is 0 Å². The number of nitrogens with one attached hydrogen (secondary N) is 1. The van der Waals surface area contributed by atoms with Crippen LogP contribution in [0.4, 0.5) is 0 Å². The van der Waals surface area contributed by atoms with Gasteiger partial charge in [-0.2, -0.15) is 0 Å². The fourth-order valence-electron chi connectivity index (χ4n) is 0.344. The van der Waals surface area contributed by atoms with Crippen molar-refractivity contribution in [1.82, 2.24) is 5.32 Å². The number of hydrogen-bond donors (Lipinski definition) is 2. The Hall–Kier alpha value is -0.840. The number of carbonyl (C=O) groups is 1. The third kappa shape index (κ3) is 5.30. The molecule has 0 aliphatic rings. The Morgan fingerprint density at radius 3 is 2.80 bits per heavy atom. The van der Waals surface area contributed by atoms with Crippen LogP contribution in [0.1, 0.15) is 6.42 Å². The van der Waals surface area contributed by atoms with E-state index in [1.165, 1.54) is 7.11 Å². The highest BCUT2D eigenvalue weighted by Crippen LogP contribution is 1.77. The van der Waals surface area contributed by atoms with Crippen molar-refractivity contribution in [2.24, 2.45) is 0 Å². The Kier molecular flexibility index (Phi) is 4.57. The van der Waals surface area contributed by atoms with Crippen LogP contribution in [-0.4, -0.2) is 29.9 Å². The van der Waals surface area contributed by atoms with Crippen LogP contribution in [0.5, 0.6) is 0 Å². The van der Waals surface area contributed by atoms with Gasteiger partial charge < -0.3 is 15.2 Å². The number of methoxy groups -OCH3 is 1. The molecule has 0 atom stereocenters. The molecule has 0 saturated carbocycles. The van der Waals surface area contributed by atoms with Crippen LogP contribution in [0.2, 0.25) is 0 Å². The topological polar surface area (TPSA) is 58.6 Å². The van der Waals surface area contributed by atoms with Gasteiger partial charge >= 0.3 is 5.97 Å². The highest BCUT2D eigenvalue weighted by Gasteiger charge is 1.96. The number of rotatable bonds is 3. The quantitative estimate of drug-likeness (QED) is 0.573. The van der Waals surface area contributed by atoms with Crippen molar-refractivity contribution in [2.45, 2.75) is 6.42 Å². The molecule has 0 saturated heterocycles. The molecule has 0 heterocycles. The second-order valence-electron chi connectivity index (χ2n) is 1.56. The van der Waals surface area contributed by atoms with Gasteiger partial charge in [-0.15, -0.1) is 0 Å². The third-order valence-electron chi connectivity index (χ3n) is 0.794. The van der Waals surface area contributed by atoms with Gasteiger partial charge in [0.05, 0.1) is 13.5 Å². The normalized spacial score (nSPS) is 8.50. The fourth-order valence-corrected chi connectivity index (χ4v) is 0.446. The van der Waals surface area contributed by atoms with Gasteiger partial charge in [-0.1, -0.05) is 0 Å². The summed E-state index contributed by atoms with van der Waals surface area (Å²) < 4.78 is 4.56. The van der Waals surface area contributed by atoms with E-state index in [2.05, 4.69) is 22.3 Å². The monoisotopic (exact) mass is 163 g/mol. The van der Waals surface area contributed by atoms with Crippen LogP contribution in [0.25, 0.3) is 0 Å². The summed E-state index contributed by atoms with van der Waals surface area (Å²) >= 11 is 4.58. The number of carboxylic acids is 1. The van der Waals surface area contributed by atoms with E-state index in [1.807, 2.05) is 0 Å². The molecule has 0 spiro atoms. The largest absolute Gasteiger partial charge is 0.481 e. The van der Waals surface area contributed by atoms with Crippen LogP contribution >= 0.6 is 12.2 Å². The lowest BCUT2D eigenvalue weighted by atomic mass is 10.4. The van der Waals surface area contributed by atoms with Gasteiger partial charge in [0.2, 0.25) is 0 Å². The van der Waals surface area contributed by atoms with Gasteiger partial charge in [0.25, 0.3) is 5.17 Å². The standard InChI is InChI=1S/C5H9NO3S/c1-9-5(10)6-3-2-4(7)8/h2-3H2,1H3,(H,6,10)(H,7,8). The molecule has 10 heavy (non-hydrogen) atoms. The first-order chi connectivity index (χ1) is 4.66. The van der Waals surface area contributed by atoms with Crippen LogP contribution in [-0.2, 0) is 9.53 Å². The minimum Gasteiger partial charge on any atom is -0.481 e. The maximum Gasteiger partial charge on any atom is 0.305 e. The predicted molar refractivity (Wildman–Crippen MR) is 39.9 cm³/mol. The zero-order valence-electron chi connectivity index (χ0n) is 5.59. The maximum atomic E-state index is 9.95. The molecule has 2 N–H and O–H groups in total. The van der Waals surface area contributed by atoms with E-state index >= 15 is 0 Å². The first-order valence-electron chi connectivity index (χ1n) is 2.70. The lowest BCUT2D eigenvalue weighted by molar-refractivity contribution is -0.136. The van der Waals surface area contributed by atoms with Gasteiger partial charge in [-0.25, -0.2) is 0 Å². The smallest absolute Gasteiger partial charge is 0.305 e. The molecule has 0 rings (SSSR count).